The highest BCUT2D eigenvalue weighted by Gasteiger charge is 2.19. The summed E-state index contributed by atoms with van der Waals surface area (Å²) in [4.78, 5) is 18.8. The van der Waals surface area contributed by atoms with Crippen LogP contribution in [0.4, 0.5) is 4.39 Å². The summed E-state index contributed by atoms with van der Waals surface area (Å²) >= 11 is 2.12. The predicted molar refractivity (Wildman–Crippen MR) is 71.5 cm³/mol. The van der Waals surface area contributed by atoms with Gasteiger partial charge in [-0.25, -0.2) is 19.2 Å². The fourth-order valence-corrected chi connectivity index (χ4v) is 1.99. The van der Waals surface area contributed by atoms with Crippen molar-refractivity contribution in [3.8, 4) is 11.3 Å². The molecule has 0 fully saturated rings. The van der Waals surface area contributed by atoms with E-state index in [1.165, 1.54) is 7.11 Å². The van der Waals surface area contributed by atoms with Gasteiger partial charge in [0.05, 0.1) is 7.11 Å². The van der Waals surface area contributed by atoms with Gasteiger partial charge in [-0.05, 0) is 34.7 Å². The number of hydrogen-bond donors (Lipinski definition) is 0. The topological polar surface area (TPSA) is 52.1 Å². The van der Waals surface area contributed by atoms with Gasteiger partial charge >= 0.3 is 5.97 Å². The van der Waals surface area contributed by atoms with E-state index in [0.717, 1.165) is 9.90 Å². The Labute approximate surface area is 116 Å². The number of halogens is 2. The molecule has 0 saturated carbocycles. The zero-order chi connectivity index (χ0) is 13.1. The Morgan fingerprint density at radius 2 is 2.17 bits per heavy atom. The molecule has 2 rings (SSSR count). The van der Waals surface area contributed by atoms with Crippen molar-refractivity contribution in [3.63, 3.8) is 0 Å². The SMILES string of the molecule is COC(=O)c1ncnc(-c2cccc(I)c2)c1F. The van der Waals surface area contributed by atoms with E-state index in [1.807, 2.05) is 6.07 Å². The van der Waals surface area contributed by atoms with E-state index in [-0.39, 0.29) is 11.4 Å². The van der Waals surface area contributed by atoms with Gasteiger partial charge in [-0.1, -0.05) is 12.1 Å². The molecule has 6 heteroatoms. The standard InChI is InChI=1S/C12H8FIN2O2/c1-18-12(17)11-9(13)10(15-6-16-11)7-3-2-4-8(14)5-7/h2-6H,1H3. The van der Waals surface area contributed by atoms with Gasteiger partial charge in [0.25, 0.3) is 0 Å². The molecule has 0 aliphatic carbocycles. The number of carbonyl (C=O) groups is 1. The number of rotatable bonds is 2. The number of benzene rings is 1. The van der Waals surface area contributed by atoms with E-state index in [1.54, 1.807) is 18.2 Å². The molecule has 0 aliphatic rings. The lowest BCUT2D eigenvalue weighted by molar-refractivity contribution is 0.0588. The number of hydrogen-bond acceptors (Lipinski definition) is 4. The third-order valence-electron chi connectivity index (χ3n) is 2.27. The minimum Gasteiger partial charge on any atom is -0.464 e. The Morgan fingerprint density at radius 1 is 1.39 bits per heavy atom. The average molecular weight is 358 g/mol. The van der Waals surface area contributed by atoms with Crippen LogP contribution in [-0.4, -0.2) is 23.0 Å². The molecule has 18 heavy (non-hydrogen) atoms. The number of nitrogens with zero attached hydrogens (tertiary/aromatic N) is 2. The highest BCUT2D eigenvalue weighted by Crippen LogP contribution is 2.23. The molecule has 0 N–H and O–H groups in total. The molecule has 0 atom stereocenters. The van der Waals surface area contributed by atoms with Crippen LogP contribution in [0.15, 0.2) is 30.6 Å². The van der Waals surface area contributed by atoms with Crippen LogP contribution in [0.1, 0.15) is 10.5 Å². The van der Waals surface area contributed by atoms with Crippen LogP contribution in [0.2, 0.25) is 0 Å². The third kappa shape index (κ3) is 2.47. The van der Waals surface area contributed by atoms with Crippen molar-refractivity contribution in [1.82, 2.24) is 9.97 Å². The quantitative estimate of drug-likeness (QED) is 0.612. The molecule has 4 nitrogen and oxygen atoms in total. The van der Waals surface area contributed by atoms with Crippen LogP contribution in [0.25, 0.3) is 11.3 Å². The van der Waals surface area contributed by atoms with Gasteiger partial charge in [-0.2, -0.15) is 0 Å². The highest BCUT2D eigenvalue weighted by atomic mass is 127. The van der Waals surface area contributed by atoms with Gasteiger partial charge in [-0.3, -0.25) is 0 Å². The fourth-order valence-electron chi connectivity index (χ4n) is 1.45. The Bertz CT molecular complexity index is 604. The molecular weight excluding hydrogens is 350 g/mol. The third-order valence-corrected chi connectivity index (χ3v) is 2.94. The Kier molecular flexibility index (Phi) is 3.85. The summed E-state index contributed by atoms with van der Waals surface area (Å²) in [5.74, 6) is -1.59. The zero-order valence-corrected chi connectivity index (χ0v) is 11.5. The van der Waals surface area contributed by atoms with Crippen molar-refractivity contribution >= 4 is 28.6 Å². The van der Waals surface area contributed by atoms with Crippen LogP contribution < -0.4 is 0 Å². The highest BCUT2D eigenvalue weighted by molar-refractivity contribution is 14.1. The molecule has 0 aliphatic heterocycles. The summed E-state index contributed by atoms with van der Waals surface area (Å²) < 4.78 is 19.5. The number of methoxy groups -OCH3 is 1. The van der Waals surface area contributed by atoms with E-state index < -0.39 is 11.8 Å². The molecule has 0 saturated heterocycles. The minimum absolute atomic E-state index is 0.0870. The van der Waals surface area contributed by atoms with Gasteiger partial charge in [0.15, 0.2) is 11.5 Å². The Balaban J connectivity index is 2.56. The van der Waals surface area contributed by atoms with Crippen LogP contribution in [0.3, 0.4) is 0 Å². The lowest BCUT2D eigenvalue weighted by Crippen LogP contribution is -2.09. The maximum atomic E-state index is 14.1. The van der Waals surface area contributed by atoms with E-state index in [0.29, 0.717) is 5.56 Å². The fraction of sp³-hybridized carbons (Fsp3) is 0.0833. The summed E-state index contributed by atoms with van der Waals surface area (Å²) in [6.07, 6.45) is 1.14. The van der Waals surface area contributed by atoms with Crippen molar-refractivity contribution in [3.05, 3.63) is 45.7 Å². The smallest absolute Gasteiger partial charge is 0.359 e. The summed E-state index contributed by atoms with van der Waals surface area (Å²) in [6, 6.07) is 7.16. The number of aromatic nitrogens is 2. The molecule has 1 aromatic carbocycles. The minimum atomic E-state index is -0.818. The van der Waals surface area contributed by atoms with Crippen molar-refractivity contribution in [2.75, 3.05) is 7.11 Å². The van der Waals surface area contributed by atoms with Gasteiger partial charge in [0, 0.05) is 9.13 Å². The zero-order valence-electron chi connectivity index (χ0n) is 9.35. The normalized spacial score (nSPS) is 10.2. The average Bonchev–Trinajstić information content (AvgIpc) is 2.38. The van der Waals surface area contributed by atoms with E-state index >= 15 is 0 Å². The first-order valence-corrected chi connectivity index (χ1v) is 6.06. The summed E-state index contributed by atoms with van der Waals surface area (Å²) in [5.41, 5.74) is 0.317. The molecule has 0 spiro atoms. The van der Waals surface area contributed by atoms with E-state index in [2.05, 4.69) is 37.3 Å². The molecule has 1 aromatic heterocycles. The molecule has 0 amide bonds. The second-order valence-corrected chi connectivity index (χ2v) is 4.63. The summed E-state index contributed by atoms with van der Waals surface area (Å²) in [6.45, 7) is 0. The second-order valence-electron chi connectivity index (χ2n) is 3.39. The van der Waals surface area contributed by atoms with Crippen molar-refractivity contribution in [2.45, 2.75) is 0 Å². The summed E-state index contributed by atoms with van der Waals surface area (Å²) in [5, 5.41) is 0. The van der Waals surface area contributed by atoms with Gasteiger partial charge in [0.2, 0.25) is 0 Å². The summed E-state index contributed by atoms with van der Waals surface area (Å²) in [7, 11) is 1.18. The van der Waals surface area contributed by atoms with Crippen molar-refractivity contribution in [2.24, 2.45) is 0 Å². The maximum absolute atomic E-state index is 14.1. The van der Waals surface area contributed by atoms with Gasteiger partial charge in [0.1, 0.15) is 12.0 Å². The van der Waals surface area contributed by atoms with Crippen molar-refractivity contribution < 1.29 is 13.9 Å². The van der Waals surface area contributed by atoms with E-state index in [9.17, 15) is 9.18 Å². The maximum Gasteiger partial charge on any atom is 0.359 e. The largest absolute Gasteiger partial charge is 0.464 e. The molecule has 92 valence electrons. The Hall–Kier alpha value is -1.57. The first-order chi connectivity index (χ1) is 8.63. The lowest BCUT2D eigenvalue weighted by atomic mass is 10.1. The molecule has 2 aromatic rings. The predicted octanol–water partition coefficient (Wildman–Crippen LogP) is 2.67. The second kappa shape index (κ2) is 5.38. The number of esters is 1. The monoisotopic (exact) mass is 358 g/mol. The number of carbonyl (C=O) groups excluding carboxylic acids is 1. The van der Waals surface area contributed by atoms with Gasteiger partial charge < -0.3 is 4.74 Å². The van der Waals surface area contributed by atoms with Gasteiger partial charge in [-0.15, -0.1) is 0 Å². The molecule has 0 radical (unpaired) electrons. The number of ether oxygens (including phenoxy) is 1. The van der Waals surface area contributed by atoms with Crippen molar-refractivity contribution in [1.29, 1.82) is 0 Å². The molecule has 0 unspecified atom stereocenters. The van der Waals surface area contributed by atoms with Crippen LogP contribution in [0, 0.1) is 9.39 Å². The van der Waals surface area contributed by atoms with Crippen LogP contribution in [-0.2, 0) is 4.74 Å². The van der Waals surface area contributed by atoms with Crippen LogP contribution >= 0.6 is 22.6 Å². The molecule has 0 bridgehead atoms. The van der Waals surface area contributed by atoms with Crippen LogP contribution in [0.5, 0.6) is 0 Å². The molecule has 1 heterocycles. The Morgan fingerprint density at radius 3 is 2.83 bits per heavy atom. The first-order valence-electron chi connectivity index (χ1n) is 4.98. The first kappa shape index (κ1) is 12.9. The molecular formula is C12H8FIN2O2. The van der Waals surface area contributed by atoms with E-state index in [4.69, 9.17) is 0 Å². The lowest BCUT2D eigenvalue weighted by Gasteiger charge is -2.05.